The van der Waals surface area contributed by atoms with Crippen molar-refractivity contribution in [3.8, 4) is 5.75 Å². The molecule has 2 heterocycles. The summed E-state index contributed by atoms with van der Waals surface area (Å²) in [5.41, 5.74) is 5.21. The van der Waals surface area contributed by atoms with Crippen LogP contribution in [-0.2, 0) is 24.2 Å². The summed E-state index contributed by atoms with van der Waals surface area (Å²) in [6.45, 7) is 4.67. The quantitative estimate of drug-likeness (QED) is 0.321. The standard InChI is InChI=1S/C29H33N5O3/c1-36-24-12-10-21(11-13-24)18-27(28-31-25-8-4-5-9-26(25)32-28)33-29(35)30-19-22-6-2-3-7-23(22)20-34-14-16-37-17-15-34/h2-13,27H,14-20H2,1H3,(H,31,32)(H2,30,33,35)/t27-/m1/s1. The molecule has 1 aliphatic rings. The molecule has 1 fully saturated rings. The molecule has 5 rings (SSSR count). The molecule has 0 saturated carbocycles. The molecule has 0 aliphatic carbocycles. The number of rotatable bonds is 9. The number of hydrogen-bond acceptors (Lipinski definition) is 5. The Balaban J connectivity index is 1.28. The highest BCUT2D eigenvalue weighted by atomic mass is 16.5. The Bertz CT molecular complexity index is 1280. The Morgan fingerprint density at radius 2 is 1.76 bits per heavy atom. The van der Waals surface area contributed by atoms with E-state index in [9.17, 15) is 4.79 Å². The summed E-state index contributed by atoms with van der Waals surface area (Å²) in [5, 5.41) is 6.20. The van der Waals surface area contributed by atoms with Gasteiger partial charge in [0.2, 0.25) is 0 Å². The van der Waals surface area contributed by atoms with E-state index in [0.717, 1.165) is 66.6 Å². The minimum atomic E-state index is -0.329. The van der Waals surface area contributed by atoms with Crippen molar-refractivity contribution in [1.29, 1.82) is 0 Å². The Labute approximate surface area is 217 Å². The van der Waals surface area contributed by atoms with Gasteiger partial charge in [0.1, 0.15) is 11.6 Å². The minimum Gasteiger partial charge on any atom is -0.497 e. The van der Waals surface area contributed by atoms with Crippen LogP contribution in [0.1, 0.15) is 28.6 Å². The maximum absolute atomic E-state index is 13.1. The van der Waals surface area contributed by atoms with E-state index in [4.69, 9.17) is 14.5 Å². The number of benzene rings is 3. The van der Waals surface area contributed by atoms with Crippen molar-refractivity contribution in [1.82, 2.24) is 25.5 Å². The number of amides is 2. The summed E-state index contributed by atoms with van der Waals surface area (Å²) in [7, 11) is 1.65. The Kier molecular flexibility index (Phi) is 7.98. The Morgan fingerprint density at radius 1 is 1.03 bits per heavy atom. The third-order valence-electron chi connectivity index (χ3n) is 6.70. The van der Waals surface area contributed by atoms with E-state index in [0.29, 0.717) is 13.0 Å². The largest absolute Gasteiger partial charge is 0.497 e. The number of para-hydroxylation sites is 2. The number of carbonyl (C=O) groups excluding carboxylic acids is 1. The molecule has 1 saturated heterocycles. The van der Waals surface area contributed by atoms with Crippen molar-refractivity contribution < 1.29 is 14.3 Å². The molecule has 1 aliphatic heterocycles. The van der Waals surface area contributed by atoms with Gasteiger partial charge in [0.25, 0.3) is 0 Å². The monoisotopic (exact) mass is 499 g/mol. The number of methoxy groups -OCH3 is 1. The number of aromatic amines is 1. The molecule has 1 aromatic heterocycles. The molecular weight excluding hydrogens is 466 g/mol. The van der Waals surface area contributed by atoms with Gasteiger partial charge >= 0.3 is 6.03 Å². The molecule has 1 atom stereocenters. The van der Waals surface area contributed by atoms with Gasteiger partial charge in [0.05, 0.1) is 37.4 Å². The lowest BCUT2D eigenvalue weighted by molar-refractivity contribution is 0.0341. The van der Waals surface area contributed by atoms with E-state index < -0.39 is 0 Å². The number of carbonyl (C=O) groups is 1. The number of urea groups is 1. The first kappa shape index (κ1) is 24.8. The molecule has 3 aromatic carbocycles. The molecule has 192 valence electrons. The number of imidazole rings is 1. The van der Waals surface area contributed by atoms with Crippen molar-refractivity contribution in [2.24, 2.45) is 0 Å². The second-order valence-corrected chi connectivity index (χ2v) is 9.23. The van der Waals surface area contributed by atoms with Crippen LogP contribution in [0, 0.1) is 0 Å². The fourth-order valence-corrected chi connectivity index (χ4v) is 4.62. The second-order valence-electron chi connectivity index (χ2n) is 9.23. The van der Waals surface area contributed by atoms with Crippen LogP contribution >= 0.6 is 0 Å². The van der Waals surface area contributed by atoms with Crippen molar-refractivity contribution in [3.63, 3.8) is 0 Å². The molecule has 8 heteroatoms. The van der Waals surface area contributed by atoms with Crippen LogP contribution in [0.25, 0.3) is 11.0 Å². The highest BCUT2D eigenvalue weighted by molar-refractivity contribution is 5.76. The molecule has 4 aromatic rings. The topological polar surface area (TPSA) is 91.5 Å². The summed E-state index contributed by atoms with van der Waals surface area (Å²) in [4.78, 5) is 23.6. The lowest BCUT2D eigenvalue weighted by Gasteiger charge is -2.27. The summed E-state index contributed by atoms with van der Waals surface area (Å²) < 4.78 is 10.8. The van der Waals surface area contributed by atoms with Crippen molar-refractivity contribution in [2.45, 2.75) is 25.6 Å². The molecule has 0 radical (unpaired) electrons. The third-order valence-corrected chi connectivity index (χ3v) is 6.70. The zero-order chi connectivity index (χ0) is 25.5. The number of ether oxygens (including phenoxy) is 2. The zero-order valence-electron chi connectivity index (χ0n) is 21.1. The number of fused-ring (bicyclic) bond motifs is 1. The third kappa shape index (κ3) is 6.47. The predicted molar refractivity (Wildman–Crippen MR) is 143 cm³/mol. The van der Waals surface area contributed by atoms with Gasteiger partial charge in [-0.2, -0.15) is 0 Å². The van der Waals surface area contributed by atoms with Gasteiger partial charge in [-0.3, -0.25) is 4.90 Å². The zero-order valence-corrected chi connectivity index (χ0v) is 21.1. The van der Waals surface area contributed by atoms with Crippen LogP contribution in [0.2, 0.25) is 0 Å². The Hall–Kier alpha value is -3.88. The Morgan fingerprint density at radius 3 is 2.51 bits per heavy atom. The van der Waals surface area contributed by atoms with Gasteiger partial charge < -0.3 is 25.1 Å². The number of nitrogens with zero attached hydrogens (tertiary/aromatic N) is 2. The van der Waals surface area contributed by atoms with Crippen LogP contribution in [0.5, 0.6) is 5.75 Å². The highest BCUT2D eigenvalue weighted by Gasteiger charge is 2.20. The molecule has 0 bridgehead atoms. The molecule has 0 unspecified atom stereocenters. The second kappa shape index (κ2) is 11.9. The van der Waals surface area contributed by atoms with Gasteiger partial charge in [-0.05, 0) is 47.4 Å². The van der Waals surface area contributed by atoms with Gasteiger partial charge in [0.15, 0.2) is 0 Å². The van der Waals surface area contributed by atoms with E-state index in [-0.39, 0.29) is 12.1 Å². The number of aromatic nitrogens is 2. The van der Waals surface area contributed by atoms with E-state index in [1.54, 1.807) is 7.11 Å². The highest BCUT2D eigenvalue weighted by Crippen LogP contribution is 2.21. The molecule has 2 amide bonds. The van der Waals surface area contributed by atoms with Crippen molar-refractivity contribution in [2.75, 3.05) is 33.4 Å². The molecule has 3 N–H and O–H groups in total. The average Bonchev–Trinajstić information content (AvgIpc) is 3.38. The van der Waals surface area contributed by atoms with E-state index in [1.165, 1.54) is 5.56 Å². The summed E-state index contributed by atoms with van der Waals surface area (Å²) in [5.74, 6) is 1.52. The van der Waals surface area contributed by atoms with Gasteiger partial charge in [-0.1, -0.05) is 48.5 Å². The normalized spacial score (nSPS) is 14.8. The summed E-state index contributed by atoms with van der Waals surface area (Å²) in [6, 6.07) is 23.5. The first-order chi connectivity index (χ1) is 18.2. The van der Waals surface area contributed by atoms with Gasteiger partial charge in [-0.15, -0.1) is 0 Å². The fraction of sp³-hybridized carbons (Fsp3) is 0.310. The van der Waals surface area contributed by atoms with Crippen LogP contribution in [0.3, 0.4) is 0 Å². The molecule has 8 nitrogen and oxygen atoms in total. The van der Waals surface area contributed by atoms with E-state index in [1.807, 2.05) is 60.7 Å². The SMILES string of the molecule is COc1ccc(C[C@@H](NC(=O)NCc2ccccc2CN2CCOCC2)c2nc3ccccc3[nH]2)cc1. The van der Waals surface area contributed by atoms with Crippen LogP contribution in [0.15, 0.2) is 72.8 Å². The van der Waals surface area contributed by atoms with E-state index in [2.05, 4.69) is 32.7 Å². The first-order valence-corrected chi connectivity index (χ1v) is 12.7. The summed E-state index contributed by atoms with van der Waals surface area (Å²) >= 11 is 0. The van der Waals surface area contributed by atoms with Crippen LogP contribution in [0.4, 0.5) is 4.79 Å². The average molecular weight is 500 g/mol. The maximum Gasteiger partial charge on any atom is 0.315 e. The lowest BCUT2D eigenvalue weighted by Crippen LogP contribution is -2.39. The number of nitrogens with one attached hydrogen (secondary N) is 3. The van der Waals surface area contributed by atoms with Crippen LogP contribution in [-0.4, -0.2) is 54.3 Å². The number of H-pyrrole nitrogens is 1. The number of morpholine rings is 1. The van der Waals surface area contributed by atoms with E-state index >= 15 is 0 Å². The van der Waals surface area contributed by atoms with Gasteiger partial charge in [0, 0.05) is 26.2 Å². The van der Waals surface area contributed by atoms with Crippen LogP contribution < -0.4 is 15.4 Å². The van der Waals surface area contributed by atoms with Crippen molar-refractivity contribution in [3.05, 3.63) is 95.3 Å². The number of hydrogen-bond donors (Lipinski definition) is 3. The minimum absolute atomic E-state index is 0.236. The predicted octanol–water partition coefficient (Wildman–Crippen LogP) is 4.19. The smallest absolute Gasteiger partial charge is 0.315 e. The fourth-order valence-electron chi connectivity index (χ4n) is 4.62. The summed E-state index contributed by atoms with van der Waals surface area (Å²) in [6.07, 6.45) is 0.588. The molecule has 0 spiro atoms. The maximum atomic E-state index is 13.1. The molecule has 37 heavy (non-hydrogen) atoms. The van der Waals surface area contributed by atoms with Gasteiger partial charge in [-0.25, -0.2) is 9.78 Å². The first-order valence-electron chi connectivity index (χ1n) is 12.7. The molecular formula is C29H33N5O3. The van der Waals surface area contributed by atoms with Crippen molar-refractivity contribution >= 4 is 17.1 Å². The lowest BCUT2D eigenvalue weighted by atomic mass is 10.1.